The van der Waals surface area contributed by atoms with E-state index in [-0.39, 0.29) is 18.1 Å². The summed E-state index contributed by atoms with van der Waals surface area (Å²) in [7, 11) is 0. The number of benzene rings is 2. The summed E-state index contributed by atoms with van der Waals surface area (Å²) in [6.07, 6.45) is -0.617. The molecule has 0 spiro atoms. The molecule has 0 saturated heterocycles. The van der Waals surface area contributed by atoms with Crippen LogP contribution < -0.4 is 10.1 Å². The second-order valence-corrected chi connectivity index (χ2v) is 5.34. The Balaban J connectivity index is 2.10. The van der Waals surface area contributed by atoms with Crippen LogP contribution in [0.1, 0.15) is 13.8 Å². The highest BCUT2D eigenvalue weighted by atomic mass is 16.5. The Morgan fingerprint density at radius 1 is 1.10 bits per heavy atom. The molecular formula is C16H21NO4. The maximum Gasteiger partial charge on any atom is 0.127 e. The zero-order chi connectivity index (χ0) is 15.4. The first-order valence-corrected chi connectivity index (χ1v) is 6.96. The van der Waals surface area contributed by atoms with Crippen LogP contribution in [0.15, 0.2) is 30.3 Å². The molecule has 0 heterocycles. The van der Waals surface area contributed by atoms with Crippen molar-refractivity contribution in [3.63, 3.8) is 0 Å². The lowest BCUT2D eigenvalue weighted by Crippen LogP contribution is -2.35. The van der Waals surface area contributed by atoms with Gasteiger partial charge in [0.1, 0.15) is 30.0 Å². The Hall–Kier alpha value is -1.98. The van der Waals surface area contributed by atoms with Gasteiger partial charge in [-0.3, -0.25) is 0 Å². The van der Waals surface area contributed by atoms with Crippen molar-refractivity contribution < 1.29 is 20.1 Å². The van der Waals surface area contributed by atoms with Crippen LogP contribution in [-0.2, 0) is 0 Å². The van der Waals surface area contributed by atoms with E-state index in [1.165, 1.54) is 18.2 Å². The fourth-order valence-electron chi connectivity index (χ4n) is 2.04. The van der Waals surface area contributed by atoms with Crippen molar-refractivity contribution in [2.24, 2.45) is 0 Å². The van der Waals surface area contributed by atoms with Crippen LogP contribution in [0.25, 0.3) is 10.8 Å². The van der Waals surface area contributed by atoms with E-state index >= 15 is 0 Å². The number of hydrogen-bond acceptors (Lipinski definition) is 5. The Labute approximate surface area is 123 Å². The normalized spacial score (nSPS) is 12.8. The van der Waals surface area contributed by atoms with Crippen LogP contribution in [0, 0.1) is 0 Å². The molecule has 114 valence electrons. The van der Waals surface area contributed by atoms with Crippen molar-refractivity contribution in [2.75, 3.05) is 13.2 Å². The molecule has 0 aliphatic rings. The summed E-state index contributed by atoms with van der Waals surface area (Å²) >= 11 is 0. The van der Waals surface area contributed by atoms with Gasteiger partial charge in [-0.05, 0) is 30.3 Å². The average Bonchev–Trinajstić information content (AvgIpc) is 2.45. The van der Waals surface area contributed by atoms with Gasteiger partial charge >= 0.3 is 0 Å². The predicted octanol–water partition coefficient (Wildman–Crippen LogP) is 1.99. The Bertz CT molecular complexity index is 612. The molecule has 0 bridgehead atoms. The number of aliphatic hydroxyl groups excluding tert-OH is 1. The Kier molecular flexibility index (Phi) is 4.88. The molecule has 0 aliphatic heterocycles. The summed E-state index contributed by atoms with van der Waals surface area (Å²) in [5.41, 5.74) is 0. The van der Waals surface area contributed by atoms with Crippen molar-refractivity contribution in [2.45, 2.75) is 26.0 Å². The highest BCUT2D eigenvalue weighted by Crippen LogP contribution is 2.34. The lowest BCUT2D eigenvalue weighted by atomic mass is 10.1. The monoisotopic (exact) mass is 291 g/mol. The lowest BCUT2D eigenvalue weighted by molar-refractivity contribution is 0.105. The van der Waals surface area contributed by atoms with E-state index in [4.69, 9.17) is 4.74 Å². The van der Waals surface area contributed by atoms with Gasteiger partial charge in [-0.15, -0.1) is 0 Å². The molecular weight excluding hydrogens is 270 g/mol. The van der Waals surface area contributed by atoms with Gasteiger partial charge in [0.15, 0.2) is 0 Å². The molecule has 0 saturated carbocycles. The number of aliphatic hydroxyl groups is 1. The van der Waals surface area contributed by atoms with E-state index in [2.05, 4.69) is 5.32 Å². The van der Waals surface area contributed by atoms with Gasteiger partial charge in [-0.2, -0.15) is 0 Å². The Morgan fingerprint density at radius 3 is 2.57 bits per heavy atom. The predicted molar refractivity (Wildman–Crippen MR) is 81.9 cm³/mol. The number of nitrogens with one attached hydrogen (secondary N) is 1. The molecule has 0 unspecified atom stereocenters. The minimum Gasteiger partial charge on any atom is -0.508 e. The Morgan fingerprint density at radius 2 is 1.86 bits per heavy atom. The van der Waals surface area contributed by atoms with Gasteiger partial charge in [0.05, 0.1) is 0 Å². The van der Waals surface area contributed by atoms with Crippen LogP contribution in [0.2, 0.25) is 0 Å². The highest BCUT2D eigenvalue weighted by Gasteiger charge is 2.10. The van der Waals surface area contributed by atoms with Crippen LogP contribution in [0.3, 0.4) is 0 Å². The molecule has 0 amide bonds. The summed E-state index contributed by atoms with van der Waals surface area (Å²) in [6, 6.07) is 8.16. The zero-order valence-electron chi connectivity index (χ0n) is 12.2. The standard InChI is InChI=1S/C16H21NO4/c1-10(2)17-8-12(19)9-21-16-6-5-15(20)14-7-11(18)3-4-13(14)16/h3-7,10,12,17-20H,8-9H2,1-2H3/t12-/m1/s1. The van der Waals surface area contributed by atoms with E-state index in [0.717, 1.165) is 0 Å². The van der Waals surface area contributed by atoms with Gasteiger partial charge in [-0.1, -0.05) is 13.8 Å². The third-order valence-electron chi connectivity index (χ3n) is 3.13. The maximum atomic E-state index is 9.85. The van der Waals surface area contributed by atoms with Crippen molar-refractivity contribution in [1.82, 2.24) is 5.32 Å². The minimum absolute atomic E-state index is 0.0790. The molecule has 5 heteroatoms. The second kappa shape index (κ2) is 6.65. The smallest absolute Gasteiger partial charge is 0.127 e. The first-order chi connectivity index (χ1) is 9.97. The van der Waals surface area contributed by atoms with Crippen LogP contribution in [0.4, 0.5) is 0 Å². The largest absolute Gasteiger partial charge is 0.508 e. The van der Waals surface area contributed by atoms with E-state index in [1.54, 1.807) is 12.1 Å². The molecule has 4 N–H and O–H groups in total. The molecule has 5 nitrogen and oxygen atoms in total. The number of phenolic OH excluding ortho intramolecular Hbond substituents is 2. The minimum atomic E-state index is -0.617. The second-order valence-electron chi connectivity index (χ2n) is 5.34. The molecule has 21 heavy (non-hydrogen) atoms. The molecule has 2 rings (SSSR count). The van der Waals surface area contributed by atoms with Gasteiger partial charge < -0.3 is 25.4 Å². The van der Waals surface area contributed by atoms with Crippen LogP contribution in [-0.4, -0.2) is 40.6 Å². The quantitative estimate of drug-likeness (QED) is 0.654. The number of phenols is 2. The van der Waals surface area contributed by atoms with Crippen molar-refractivity contribution in [1.29, 1.82) is 0 Å². The van der Waals surface area contributed by atoms with Crippen molar-refractivity contribution in [3.05, 3.63) is 30.3 Å². The average molecular weight is 291 g/mol. The first kappa shape index (κ1) is 15.4. The third kappa shape index (κ3) is 4.00. The number of ether oxygens (including phenoxy) is 1. The van der Waals surface area contributed by atoms with E-state index in [1.807, 2.05) is 13.8 Å². The number of fused-ring (bicyclic) bond motifs is 1. The summed E-state index contributed by atoms with van der Waals surface area (Å²) in [5, 5.41) is 33.5. The fraction of sp³-hybridized carbons (Fsp3) is 0.375. The van der Waals surface area contributed by atoms with Crippen LogP contribution >= 0.6 is 0 Å². The summed E-state index contributed by atoms with van der Waals surface area (Å²) in [4.78, 5) is 0. The van der Waals surface area contributed by atoms with Gasteiger partial charge in [0.2, 0.25) is 0 Å². The number of hydrogen-bond donors (Lipinski definition) is 4. The third-order valence-corrected chi connectivity index (χ3v) is 3.13. The molecule has 0 radical (unpaired) electrons. The number of aromatic hydroxyl groups is 2. The molecule has 0 fully saturated rings. The SMILES string of the molecule is CC(C)NC[C@@H](O)COc1ccc(O)c2cc(O)ccc12. The van der Waals surface area contributed by atoms with Gasteiger partial charge in [0, 0.05) is 23.4 Å². The zero-order valence-corrected chi connectivity index (χ0v) is 12.2. The van der Waals surface area contributed by atoms with E-state index in [9.17, 15) is 15.3 Å². The van der Waals surface area contributed by atoms with Crippen molar-refractivity contribution >= 4 is 10.8 Å². The highest BCUT2D eigenvalue weighted by molar-refractivity contribution is 5.93. The van der Waals surface area contributed by atoms with Gasteiger partial charge in [0.25, 0.3) is 0 Å². The molecule has 1 atom stereocenters. The fourth-order valence-corrected chi connectivity index (χ4v) is 2.04. The summed E-state index contributed by atoms with van der Waals surface area (Å²) < 4.78 is 5.63. The summed E-state index contributed by atoms with van der Waals surface area (Å²) in [5.74, 6) is 0.720. The molecule has 0 aliphatic carbocycles. The molecule has 2 aromatic carbocycles. The lowest BCUT2D eigenvalue weighted by Gasteiger charge is -2.16. The van der Waals surface area contributed by atoms with Gasteiger partial charge in [-0.25, -0.2) is 0 Å². The first-order valence-electron chi connectivity index (χ1n) is 6.96. The van der Waals surface area contributed by atoms with E-state index in [0.29, 0.717) is 29.1 Å². The summed E-state index contributed by atoms with van der Waals surface area (Å²) in [6.45, 7) is 4.62. The maximum absolute atomic E-state index is 9.85. The topological polar surface area (TPSA) is 82.0 Å². The van der Waals surface area contributed by atoms with Crippen molar-refractivity contribution in [3.8, 4) is 17.2 Å². The number of rotatable bonds is 6. The van der Waals surface area contributed by atoms with E-state index < -0.39 is 6.10 Å². The molecule has 2 aromatic rings. The van der Waals surface area contributed by atoms with Crippen LogP contribution in [0.5, 0.6) is 17.2 Å². The molecule has 0 aromatic heterocycles.